The Kier molecular flexibility index (Phi) is 4.48. The molecule has 18 heavy (non-hydrogen) atoms. The van der Waals surface area contributed by atoms with Crippen molar-refractivity contribution in [1.82, 2.24) is 14.8 Å². The van der Waals surface area contributed by atoms with Crippen LogP contribution in [0.4, 0.5) is 0 Å². The van der Waals surface area contributed by atoms with E-state index < -0.39 is 0 Å². The van der Waals surface area contributed by atoms with E-state index in [4.69, 9.17) is 0 Å². The Balaban J connectivity index is 2.08. The predicted octanol–water partition coefficient (Wildman–Crippen LogP) is 2.73. The van der Waals surface area contributed by atoms with E-state index in [2.05, 4.69) is 22.8 Å². The third-order valence-electron chi connectivity index (χ3n) is 3.70. The van der Waals surface area contributed by atoms with Crippen molar-refractivity contribution < 1.29 is 0 Å². The molecular weight excluding hydrogens is 266 g/mol. The number of hydrogen-bond donors (Lipinski definition) is 2. The van der Waals surface area contributed by atoms with E-state index in [1.165, 1.54) is 25.7 Å². The van der Waals surface area contributed by atoms with Crippen molar-refractivity contribution in [3.05, 3.63) is 10.5 Å². The van der Waals surface area contributed by atoms with Gasteiger partial charge in [0, 0.05) is 11.8 Å². The summed E-state index contributed by atoms with van der Waals surface area (Å²) in [5.41, 5.74) is 0.226. The molecule has 102 valence electrons. The smallest absolute Gasteiger partial charge is 0.268 e. The maximum atomic E-state index is 11.6. The number of thioether (sulfide) groups is 1. The predicted molar refractivity (Wildman–Crippen MR) is 78.7 cm³/mol. The summed E-state index contributed by atoms with van der Waals surface area (Å²) in [4.78, 5) is 11.6. The van der Waals surface area contributed by atoms with Gasteiger partial charge in [0.25, 0.3) is 0 Å². The zero-order valence-corrected chi connectivity index (χ0v) is 12.7. The Hall–Kier alpha value is -0.360. The van der Waals surface area contributed by atoms with Crippen LogP contribution in [0.1, 0.15) is 45.6 Å². The number of aromatic amines is 1. The number of hydrogen-bond acceptors (Lipinski definition) is 4. The highest BCUT2D eigenvalue weighted by Gasteiger charge is 2.33. The molecule has 0 bridgehead atoms. The summed E-state index contributed by atoms with van der Waals surface area (Å²) in [5.74, 6) is 1.93. The second kappa shape index (κ2) is 5.74. The van der Waals surface area contributed by atoms with Gasteiger partial charge in [-0.2, -0.15) is 12.6 Å². The first-order valence-electron chi connectivity index (χ1n) is 6.48. The van der Waals surface area contributed by atoms with E-state index in [1.807, 2.05) is 13.8 Å². The number of H-pyrrole nitrogens is 1. The third-order valence-corrected chi connectivity index (χ3v) is 5.67. The Bertz CT molecular complexity index is 446. The van der Waals surface area contributed by atoms with Crippen molar-refractivity contribution in [3.8, 4) is 0 Å². The molecule has 1 N–H and O–H groups in total. The average Bonchev–Trinajstić information content (AvgIpc) is 2.94. The second-order valence-electron chi connectivity index (χ2n) is 5.43. The minimum atomic E-state index is -0.112. The van der Waals surface area contributed by atoms with Gasteiger partial charge in [-0.3, -0.25) is 4.57 Å². The molecule has 1 fully saturated rings. The summed E-state index contributed by atoms with van der Waals surface area (Å²) in [6.45, 7) is 4.01. The molecule has 1 aliphatic carbocycles. The lowest BCUT2D eigenvalue weighted by molar-refractivity contribution is 0.402. The Labute approximate surface area is 117 Å². The molecule has 0 aromatic carbocycles. The number of rotatable bonds is 5. The second-order valence-corrected chi connectivity index (χ2v) is 6.69. The minimum absolute atomic E-state index is 0.112. The highest BCUT2D eigenvalue weighted by atomic mass is 32.2. The fourth-order valence-corrected chi connectivity index (χ4v) is 4.49. The summed E-state index contributed by atoms with van der Waals surface area (Å²) in [6.07, 6.45) is 5.11. The van der Waals surface area contributed by atoms with Crippen LogP contribution in [0.3, 0.4) is 0 Å². The summed E-state index contributed by atoms with van der Waals surface area (Å²) in [7, 11) is 0. The molecular formula is C12H21N3OS2. The van der Waals surface area contributed by atoms with Gasteiger partial charge in [0.1, 0.15) is 0 Å². The number of nitrogens with one attached hydrogen (secondary N) is 1. The fourth-order valence-electron chi connectivity index (χ4n) is 2.54. The average molecular weight is 287 g/mol. The molecule has 0 spiro atoms. The van der Waals surface area contributed by atoms with Crippen molar-refractivity contribution >= 4 is 24.4 Å². The molecule has 0 saturated heterocycles. The van der Waals surface area contributed by atoms with Gasteiger partial charge in [0.05, 0.1) is 0 Å². The van der Waals surface area contributed by atoms with Crippen molar-refractivity contribution in [3.63, 3.8) is 0 Å². The first-order chi connectivity index (χ1) is 8.58. The monoisotopic (exact) mass is 287 g/mol. The van der Waals surface area contributed by atoms with Crippen LogP contribution in [0.15, 0.2) is 9.95 Å². The van der Waals surface area contributed by atoms with E-state index in [9.17, 15) is 4.79 Å². The first-order valence-corrected chi connectivity index (χ1v) is 8.10. The van der Waals surface area contributed by atoms with Crippen LogP contribution in [-0.4, -0.2) is 26.3 Å². The zero-order chi connectivity index (χ0) is 13.2. The molecule has 4 nitrogen and oxygen atoms in total. The van der Waals surface area contributed by atoms with Crippen LogP contribution in [0.25, 0.3) is 0 Å². The SMILES string of the molecule is CC(C)n1c(SCC2(CS)CCCC2)n[nH]c1=O. The lowest BCUT2D eigenvalue weighted by Crippen LogP contribution is -2.23. The van der Waals surface area contributed by atoms with Gasteiger partial charge < -0.3 is 0 Å². The van der Waals surface area contributed by atoms with E-state index in [0.29, 0.717) is 5.41 Å². The molecule has 0 aliphatic heterocycles. The quantitative estimate of drug-likeness (QED) is 0.647. The first kappa shape index (κ1) is 14.1. The maximum absolute atomic E-state index is 11.6. The van der Waals surface area contributed by atoms with Gasteiger partial charge in [-0.1, -0.05) is 24.6 Å². The van der Waals surface area contributed by atoms with Gasteiger partial charge in [0.2, 0.25) is 0 Å². The van der Waals surface area contributed by atoms with Crippen LogP contribution in [0.5, 0.6) is 0 Å². The molecule has 0 amide bonds. The van der Waals surface area contributed by atoms with Gasteiger partial charge >= 0.3 is 5.69 Å². The largest absolute Gasteiger partial charge is 0.344 e. The molecule has 0 unspecified atom stereocenters. The highest BCUT2D eigenvalue weighted by molar-refractivity contribution is 7.99. The van der Waals surface area contributed by atoms with E-state index in [0.717, 1.165) is 16.7 Å². The van der Waals surface area contributed by atoms with E-state index >= 15 is 0 Å². The number of nitrogens with zero attached hydrogens (tertiary/aromatic N) is 2. The van der Waals surface area contributed by atoms with Crippen molar-refractivity contribution in [2.24, 2.45) is 5.41 Å². The lowest BCUT2D eigenvalue weighted by atomic mass is 9.91. The topological polar surface area (TPSA) is 50.7 Å². The van der Waals surface area contributed by atoms with Crippen molar-refractivity contribution in [2.45, 2.75) is 50.7 Å². The van der Waals surface area contributed by atoms with Crippen LogP contribution >= 0.6 is 24.4 Å². The zero-order valence-electron chi connectivity index (χ0n) is 11.0. The number of thiol groups is 1. The summed E-state index contributed by atoms with van der Waals surface area (Å²) >= 11 is 6.20. The normalized spacial score (nSPS) is 18.7. The number of aromatic nitrogens is 3. The standard InChI is InChI=1S/C12H21N3OS2/c1-9(2)15-10(16)13-14-11(15)18-8-12(7-17)5-3-4-6-12/h9,17H,3-8H2,1-2H3,(H,13,16). The van der Waals surface area contributed by atoms with Crippen molar-refractivity contribution in [1.29, 1.82) is 0 Å². The molecule has 0 atom stereocenters. The van der Waals surface area contributed by atoms with Crippen LogP contribution in [0, 0.1) is 5.41 Å². The van der Waals surface area contributed by atoms with E-state index in [1.54, 1.807) is 16.3 Å². The van der Waals surface area contributed by atoms with Crippen LogP contribution < -0.4 is 5.69 Å². The maximum Gasteiger partial charge on any atom is 0.344 e. The molecule has 0 radical (unpaired) electrons. The summed E-state index contributed by atoms with van der Waals surface area (Å²) in [5, 5.41) is 7.48. The molecule has 1 saturated carbocycles. The summed E-state index contributed by atoms with van der Waals surface area (Å²) in [6, 6.07) is 0.147. The molecule has 1 heterocycles. The van der Waals surface area contributed by atoms with Gasteiger partial charge in [0.15, 0.2) is 5.16 Å². The summed E-state index contributed by atoms with van der Waals surface area (Å²) < 4.78 is 1.73. The van der Waals surface area contributed by atoms with Crippen LogP contribution in [0.2, 0.25) is 0 Å². The molecule has 1 aromatic heterocycles. The highest BCUT2D eigenvalue weighted by Crippen LogP contribution is 2.42. The fraction of sp³-hybridized carbons (Fsp3) is 0.833. The van der Waals surface area contributed by atoms with Gasteiger partial charge in [-0.25, -0.2) is 9.89 Å². The van der Waals surface area contributed by atoms with Crippen LogP contribution in [-0.2, 0) is 0 Å². The van der Waals surface area contributed by atoms with Gasteiger partial charge in [-0.05, 0) is 37.9 Å². The Morgan fingerprint density at radius 3 is 2.72 bits per heavy atom. The van der Waals surface area contributed by atoms with Gasteiger partial charge in [-0.15, -0.1) is 5.10 Å². The lowest BCUT2D eigenvalue weighted by Gasteiger charge is -2.26. The molecule has 2 rings (SSSR count). The molecule has 1 aliphatic rings. The minimum Gasteiger partial charge on any atom is -0.268 e. The molecule has 6 heteroatoms. The van der Waals surface area contributed by atoms with E-state index in [-0.39, 0.29) is 11.7 Å². The molecule has 1 aromatic rings. The Morgan fingerprint density at radius 2 is 2.17 bits per heavy atom. The third kappa shape index (κ3) is 2.79. The van der Waals surface area contributed by atoms with Crippen molar-refractivity contribution in [2.75, 3.05) is 11.5 Å². The Morgan fingerprint density at radius 1 is 1.50 bits per heavy atom.